The summed E-state index contributed by atoms with van der Waals surface area (Å²) in [6, 6.07) is 14.6. The third-order valence-corrected chi connectivity index (χ3v) is 8.19. The van der Waals surface area contributed by atoms with Crippen molar-refractivity contribution in [3.8, 4) is 0 Å². The summed E-state index contributed by atoms with van der Waals surface area (Å²) in [6.07, 6.45) is 6.70. The molecule has 0 bridgehead atoms. The zero-order chi connectivity index (χ0) is 27.8. The molecular weight excluding hydrogens is 506 g/mol. The van der Waals surface area contributed by atoms with E-state index >= 15 is 0 Å². The Morgan fingerprint density at radius 2 is 1.63 bits per heavy atom. The van der Waals surface area contributed by atoms with Gasteiger partial charge < -0.3 is 26.8 Å². The molecule has 0 radical (unpaired) electrons. The van der Waals surface area contributed by atoms with Crippen molar-refractivity contribution in [3.05, 3.63) is 54.1 Å². The van der Waals surface area contributed by atoms with Gasteiger partial charge in [-0.15, -0.1) is 0 Å². The Hall–Kier alpha value is -3.15. The van der Waals surface area contributed by atoms with Gasteiger partial charge in [-0.25, -0.2) is 13.2 Å². The summed E-state index contributed by atoms with van der Waals surface area (Å²) in [5.41, 5.74) is 8.42. The number of nitrogens with one attached hydrogen (secondary N) is 3. The number of rotatable bonds is 12. The first-order valence-electron chi connectivity index (χ1n) is 13.1. The Bertz CT molecular complexity index is 1070. The zero-order valence-electron chi connectivity index (χ0n) is 22.1. The molecule has 2 aromatic carbocycles. The molecule has 0 saturated carbocycles. The van der Waals surface area contributed by atoms with Crippen LogP contribution in [-0.4, -0.2) is 62.6 Å². The molecule has 11 heteroatoms. The lowest BCUT2D eigenvalue weighted by molar-refractivity contribution is -0.122. The van der Waals surface area contributed by atoms with E-state index in [0.717, 1.165) is 50.6 Å². The highest BCUT2D eigenvalue weighted by atomic mass is 32.2. The lowest BCUT2D eigenvalue weighted by atomic mass is 10.1. The van der Waals surface area contributed by atoms with Gasteiger partial charge in [-0.05, 0) is 74.2 Å². The van der Waals surface area contributed by atoms with Gasteiger partial charge in [0.25, 0.3) is 6.47 Å². The first-order valence-corrected chi connectivity index (χ1v) is 14.6. The number of benzene rings is 2. The fourth-order valence-electron chi connectivity index (χ4n) is 4.20. The number of sulfonamides is 1. The maximum absolute atomic E-state index is 13.1. The highest BCUT2D eigenvalue weighted by Gasteiger charge is 2.29. The van der Waals surface area contributed by atoms with Crippen LogP contribution in [-0.2, 0) is 21.2 Å². The molecule has 1 aliphatic rings. The van der Waals surface area contributed by atoms with Crippen LogP contribution >= 0.6 is 0 Å². The van der Waals surface area contributed by atoms with E-state index in [1.54, 1.807) is 28.6 Å². The van der Waals surface area contributed by atoms with Gasteiger partial charge in [0, 0.05) is 37.1 Å². The molecule has 210 valence electrons. The molecule has 1 aliphatic heterocycles. The Morgan fingerprint density at radius 3 is 2.21 bits per heavy atom. The van der Waals surface area contributed by atoms with Gasteiger partial charge in [0.1, 0.15) is 0 Å². The predicted molar refractivity (Wildman–Crippen MR) is 151 cm³/mol. The van der Waals surface area contributed by atoms with E-state index in [0.29, 0.717) is 31.9 Å². The molecule has 2 amide bonds. The number of carboxylic acid groups (broad SMARTS) is 1. The standard InChI is InChI=1S/C26H39N5O3S.CH2O2/c1-2-3-4-5-18-28-26(32)30-23-10-12-25(13-11-23)35(33,34)31-19-15-24(16-20-31)29-22-8-6-21(7-9-22)14-17-27;2-1-3/h6-13,24,29H,2-5,14-20,27H2,1H3,(H2,28,30,32);1H,(H,2,3). The van der Waals surface area contributed by atoms with Crippen LogP contribution in [0.5, 0.6) is 0 Å². The van der Waals surface area contributed by atoms with Crippen molar-refractivity contribution in [2.24, 2.45) is 5.73 Å². The second-order valence-electron chi connectivity index (χ2n) is 9.13. The lowest BCUT2D eigenvalue weighted by Gasteiger charge is -2.32. The molecule has 0 unspecified atom stereocenters. The van der Waals surface area contributed by atoms with Crippen molar-refractivity contribution in [1.82, 2.24) is 9.62 Å². The fraction of sp³-hybridized carbons (Fsp3) is 0.481. The summed E-state index contributed by atoms with van der Waals surface area (Å²) in [4.78, 5) is 20.6. The Labute approximate surface area is 226 Å². The number of piperidine rings is 1. The van der Waals surface area contributed by atoms with Gasteiger partial charge in [0.15, 0.2) is 0 Å². The molecular formula is C27H41N5O5S. The van der Waals surface area contributed by atoms with Crippen molar-refractivity contribution in [2.45, 2.75) is 62.8 Å². The third-order valence-electron chi connectivity index (χ3n) is 6.28. The minimum absolute atomic E-state index is 0.230. The SMILES string of the molecule is CCCCCCNC(=O)Nc1ccc(S(=O)(=O)N2CCC(Nc3ccc(CCN)cc3)CC2)cc1.O=CO. The molecule has 38 heavy (non-hydrogen) atoms. The lowest BCUT2D eigenvalue weighted by Crippen LogP contribution is -2.42. The quantitative estimate of drug-likeness (QED) is 0.200. The number of carbonyl (C=O) groups excluding carboxylic acids is 1. The number of hydrogen-bond acceptors (Lipinski definition) is 6. The van der Waals surface area contributed by atoms with Gasteiger partial charge >= 0.3 is 6.03 Å². The zero-order valence-corrected chi connectivity index (χ0v) is 22.9. The molecule has 0 atom stereocenters. The molecule has 1 saturated heterocycles. The van der Waals surface area contributed by atoms with E-state index in [1.165, 1.54) is 5.56 Å². The second kappa shape index (κ2) is 16.6. The van der Waals surface area contributed by atoms with Crippen LogP contribution in [0.25, 0.3) is 0 Å². The normalized spacial score (nSPS) is 14.2. The molecule has 0 aromatic heterocycles. The topological polar surface area (TPSA) is 154 Å². The first kappa shape index (κ1) is 31.1. The Balaban J connectivity index is 0.00000161. The fourth-order valence-corrected chi connectivity index (χ4v) is 5.67. The summed E-state index contributed by atoms with van der Waals surface area (Å²) in [6.45, 7) is 4.09. The van der Waals surface area contributed by atoms with E-state index in [4.69, 9.17) is 15.6 Å². The molecule has 6 N–H and O–H groups in total. The first-order chi connectivity index (χ1) is 18.3. The second-order valence-corrected chi connectivity index (χ2v) is 11.1. The summed E-state index contributed by atoms with van der Waals surface area (Å²) < 4.78 is 27.8. The van der Waals surface area contributed by atoms with Crippen LogP contribution in [0.1, 0.15) is 51.0 Å². The third kappa shape index (κ3) is 10.3. The molecule has 0 aliphatic carbocycles. The molecule has 10 nitrogen and oxygen atoms in total. The minimum Gasteiger partial charge on any atom is -0.483 e. The average molecular weight is 548 g/mol. The largest absolute Gasteiger partial charge is 0.483 e. The molecule has 1 heterocycles. The Morgan fingerprint density at radius 1 is 1.03 bits per heavy atom. The summed E-state index contributed by atoms with van der Waals surface area (Å²) in [7, 11) is -3.57. The van der Waals surface area contributed by atoms with Gasteiger partial charge in [-0.2, -0.15) is 4.31 Å². The highest BCUT2D eigenvalue weighted by molar-refractivity contribution is 7.89. The summed E-state index contributed by atoms with van der Waals surface area (Å²) in [5, 5.41) is 16.0. The number of nitrogens with two attached hydrogens (primary N) is 1. The highest BCUT2D eigenvalue weighted by Crippen LogP contribution is 2.24. The number of nitrogens with zero attached hydrogens (tertiary/aromatic N) is 1. The Kier molecular flexibility index (Phi) is 13.6. The number of amides is 2. The van der Waals surface area contributed by atoms with Crippen LogP contribution in [0.3, 0.4) is 0 Å². The van der Waals surface area contributed by atoms with E-state index < -0.39 is 10.0 Å². The number of hydrogen-bond donors (Lipinski definition) is 5. The molecule has 2 aromatic rings. The average Bonchev–Trinajstić information content (AvgIpc) is 2.91. The monoisotopic (exact) mass is 547 g/mol. The van der Waals surface area contributed by atoms with Crippen molar-refractivity contribution in [3.63, 3.8) is 0 Å². The van der Waals surface area contributed by atoms with Gasteiger partial charge in [-0.1, -0.05) is 38.3 Å². The van der Waals surface area contributed by atoms with Crippen molar-refractivity contribution in [1.29, 1.82) is 0 Å². The van der Waals surface area contributed by atoms with Crippen LogP contribution in [0.2, 0.25) is 0 Å². The van der Waals surface area contributed by atoms with Crippen LogP contribution in [0.4, 0.5) is 16.2 Å². The van der Waals surface area contributed by atoms with Gasteiger partial charge in [-0.3, -0.25) is 4.79 Å². The molecule has 1 fully saturated rings. The van der Waals surface area contributed by atoms with Crippen LogP contribution in [0.15, 0.2) is 53.4 Å². The van der Waals surface area contributed by atoms with Gasteiger partial charge in [0.05, 0.1) is 4.90 Å². The van der Waals surface area contributed by atoms with Crippen molar-refractivity contribution < 1.29 is 23.1 Å². The number of carbonyl (C=O) groups is 2. The molecule has 0 spiro atoms. The van der Waals surface area contributed by atoms with Crippen molar-refractivity contribution >= 4 is 33.9 Å². The van der Waals surface area contributed by atoms with Crippen molar-refractivity contribution in [2.75, 3.05) is 36.8 Å². The smallest absolute Gasteiger partial charge is 0.319 e. The van der Waals surface area contributed by atoms with E-state index in [-0.39, 0.29) is 23.4 Å². The van der Waals surface area contributed by atoms with E-state index in [2.05, 4.69) is 47.1 Å². The van der Waals surface area contributed by atoms with E-state index in [1.807, 2.05) is 0 Å². The van der Waals surface area contributed by atoms with E-state index in [9.17, 15) is 13.2 Å². The maximum atomic E-state index is 13.1. The molecule has 3 rings (SSSR count). The van der Waals surface area contributed by atoms with Crippen LogP contribution in [0, 0.1) is 0 Å². The minimum atomic E-state index is -3.57. The predicted octanol–water partition coefficient (Wildman–Crippen LogP) is 3.86. The summed E-state index contributed by atoms with van der Waals surface area (Å²) >= 11 is 0. The number of unbranched alkanes of at least 4 members (excludes halogenated alkanes) is 3. The maximum Gasteiger partial charge on any atom is 0.319 e. The number of urea groups is 1. The van der Waals surface area contributed by atoms with Gasteiger partial charge in [0.2, 0.25) is 10.0 Å². The summed E-state index contributed by atoms with van der Waals surface area (Å²) in [5.74, 6) is 0. The van der Waals surface area contributed by atoms with Crippen LogP contribution < -0.4 is 21.7 Å². The number of anilines is 2.